The Balaban J connectivity index is 1.74. The lowest BCUT2D eigenvalue weighted by atomic mass is 9.78. The third-order valence-electron chi connectivity index (χ3n) is 4.50. The van der Waals surface area contributed by atoms with E-state index in [0.29, 0.717) is 5.41 Å². The van der Waals surface area contributed by atoms with E-state index in [-0.39, 0.29) is 0 Å². The second-order valence-electron chi connectivity index (χ2n) is 5.94. The van der Waals surface area contributed by atoms with Crippen LogP contribution in [0.3, 0.4) is 0 Å². The summed E-state index contributed by atoms with van der Waals surface area (Å²) in [5, 5.41) is 3.59. The molecule has 0 saturated heterocycles. The highest BCUT2D eigenvalue weighted by molar-refractivity contribution is 5.03. The number of ether oxygens (including phenoxy) is 1. The highest BCUT2D eigenvalue weighted by atomic mass is 16.5. The summed E-state index contributed by atoms with van der Waals surface area (Å²) in [4.78, 5) is 0. The molecule has 2 rings (SSSR count). The molecule has 0 bridgehead atoms. The normalized spacial score (nSPS) is 36.4. The van der Waals surface area contributed by atoms with Crippen LogP contribution in [-0.4, -0.2) is 26.8 Å². The van der Waals surface area contributed by atoms with E-state index in [1.165, 1.54) is 45.1 Å². The zero-order valence-corrected chi connectivity index (χ0v) is 10.9. The van der Waals surface area contributed by atoms with Gasteiger partial charge in [0.05, 0.1) is 6.61 Å². The van der Waals surface area contributed by atoms with Crippen molar-refractivity contribution in [1.29, 1.82) is 0 Å². The molecule has 2 unspecified atom stereocenters. The van der Waals surface area contributed by atoms with Gasteiger partial charge in [-0.05, 0) is 42.9 Å². The molecule has 0 aromatic rings. The van der Waals surface area contributed by atoms with E-state index in [4.69, 9.17) is 4.74 Å². The lowest BCUT2D eigenvalue weighted by Crippen LogP contribution is -2.35. The van der Waals surface area contributed by atoms with Crippen LogP contribution in [0.25, 0.3) is 0 Å². The van der Waals surface area contributed by atoms with Crippen LogP contribution >= 0.6 is 0 Å². The molecule has 0 aliphatic heterocycles. The largest absolute Gasteiger partial charge is 0.383 e. The Morgan fingerprint density at radius 1 is 1.31 bits per heavy atom. The van der Waals surface area contributed by atoms with Gasteiger partial charge in [-0.3, -0.25) is 0 Å². The average molecular weight is 225 g/mol. The third-order valence-corrected chi connectivity index (χ3v) is 4.50. The molecule has 2 atom stereocenters. The third kappa shape index (κ3) is 2.98. The van der Waals surface area contributed by atoms with Gasteiger partial charge in [-0.1, -0.05) is 19.8 Å². The summed E-state index contributed by atoms with van der Waals surface area (Å²) >= 11 is 0. The van der Waals surface area contributed by atoms with Crippen LogP contribution in [-0.2, 0) is 4.74 Å². The molecule has 16 heavy (non-hydrogen) atoms. The number of hydrogen-bond acceptors (Lipinski definition) is 2. The van der Waals surface area contributed by atoms with Crippen molar-refractivity contribution in [3.63, 3.8) is 0 Å². The van der Waals surface area contributed by atoms with Crippen LogP contribution in [0.1, 0.15) is 45.4 Å². The SMILES string of the molecule is CCCCC1(CNCCOC)CC2CC2C1. The monoisotopic (exact) mass is 225 g/mol. The quantitative estimate of drug-likeness (QED) is 0.641. The highest BCUT2D eigenvalue weighted by Crippen LogP contribution is 2.61. The van der Waals surface area contributed by atoms with E-state index in [1.807, 2.05) is 0 Å². The number of rotatable bonds is 8. The molecule has 0 aromatic heterocycles. The lowest BCUT2D eigenvalue weighted by Gasteiger charge is -2.31. The first-order valence-corrected chi connectivity index (χ1v) is 6.99. The first kappa shape index (κ1) is 12.4. The van der Waals surface area contributed by atoms with Crippen molar-refractivity contribution in [1.82, 2.24) is 5.32 Å². The number of nitrogens with one attached hydrogen (secondary N) is 1. The molecular formula is C14H27NO. The maximum Gasteiger partial charge on any atom is 0.0587 e. The van der Waals surface area contributed by atoms with Crippen LogP contribution in [0.5, 0.6) is 0 Å². The first-order valence-electron chi connectivity index (χ1n) is 6.99. The number of fused-ring (bicyclic) bond motifs is 1. The molecule has 1 N–H and O–H groups in total. The molecule has 2 aliphatic carbocycles. The van der Waals surface area contributed by atoms with Gasteiger partial charge in [-0.15, -0.1) is 0 Å². The zero-order chi connectivity index (χ0) is 11.4. The molecule has 0 amide bonds. The molecule has 0 heterocycles. The van der Waals surface area contributed by atoms with Crippen LogP contribution in [0.4, 0.5) is 0 Å². The molecule has 94 valence electrons. The topological polar surface area (TPSA) is 21.3 Å². The van der Waals surface area contributed by atoms with Gasteiger partial charge < -0.3 is 10.1 Å². The molecule has 2 heteroatoms. The number of methoxy groups -OCH3 is 1. The highest BCUT2D eigenvalue weighted by Gasteiger charge is 2.52. The van der Waals surface area contributed by atoms with Gasteiger partial charge in [0.25, 0.3) is 0 Å². The molecule has 2 aliphatic rings. The standard InChI is InChI=1S/C14H27NO/c1-3-4-5-14(11-15-6-7-16-2)9-12-8-13(12)10-14/h12-13,15H,3-11H2,1-2H3. The van der Waals surface area contributed by atoms with Gasteiger partial charge in [-0.25, -0.2) is 0 Å². The molecule has 2 fully saturated rings. The second kappa shape index (κ2) is 5.50. The minimum Gasteiger partial charge on any atom is -0.383 e. The number of unbranched alkanes of at least 4 members (excludes halogenated alkanes) is 1. The van der Waals surface area contributed by atoms with Crippen molar-refractivity contribution in [2.45, 2.75) is 45.4 Å². The summed E-state index contributed by atoms with van der Waals surface area (Å²) in [7, 11) is 1.78. The van der Waals surface area contributed by atoms with Crippen molar-refractivity contribution in [2.75, 3.05) is 26.8 Å². The Morgan fingerprint density at radius 2 is 2.06 bits per heavy atom. The Kier molecular flexibility index (Phi) is 4.26. The summed E-state index contributed by atoms with van der Waals surface area (Å²) in [5.74, 6) is 2.20. The summed E-state index contributed by atoms with van der Waals surface area (Å²) in [6.07, 6.45) is 8.72. The van der Waals surface area contributed by atoms with E-state index >= 15 is 0 Å². The van der Waals surface area contributed by atoms with E-state index in [2.05, 4.69) is 12.2 Å². The van der Waals surface area contributed by atoms with Gasteiger partial charge in [-0.2, -0.15) is 0 Å². The predicted octanol–water partition coefficient (Wildman–Crippen LogP) is 2.83. The molecule has 2 nitrogen and oxygen atoms in total. The Bertz CT molecular complexity index is 207. The van der Waals surface area contributed by atoms with Crippen molar-refractivity contribution in [3.05, 3.63) is 0 Å². The average Bonchev–Trinajstić information content (AvgIpc) is 2.91. The molecule has 2 saturated carbocycles. The van der Waals surface area contributed by atoms with Gasteiger partial charge in [0.15, 0.2) is 0 Å². The first-order chi connectivity index (χ1) is 7.79. The molecular weight excluding hydrogens is 198 g/mol. The summed E-state index contributed by atoms with van der Waals surface area (Å²) in [5.41, 5.74) is 0.650. The molecule has 0 aromatic carbocycles. The fourth-order valence-electron chi connectivity index (χ4n) is 3.52. The minimum atomic E-state index is 0.650. The summed E-state index contributed by atoms with van der Waals surface area (Å²) in [6.45, 7) is 5.39. The summed E-state index contributed by atoms with van der Waals surface area (Å²) < 4.78 is 5.09. The molecule has 0 radical (unpaired) electrons. The van der Waals surface area contributed by atoms with E-state index < -0.39 is 0 Å². The second-order valence-corrected chi connectivity index (χ2v) is 5.94. The minimum absolute atomic E-state index is 0.650. The van der Waals surface area contributed by atoms with E-state index in [0.717, 1.165) is 25.0 Å². The Morgan fingerprint density at radius 3 is 2.69 bits per heavy atom. The van der Waals surface area contributed by atoms with Gasteiger partial charge in [0, 0.05) is 20.2 Å². The van der Waals surface area contributed by atoms with Crippen LogP contribution in [0.15, 0.2) is 0 Å². The maximum absolute atomic E-state index is 5.09. The van der Waals surface area contributed by atoms with Crippen molar-refractivity contribution >= 4 is 0 Å². The Labute approximate surface area is 100 Å². The number of hydrogen-bond donors (Lipinski definition) is 1. The van der Waals surface area contributed by atoms with Crippen LogP contribution in [0.2, 0.25) is 0 Å². The molecule has 0 spiro atoms. The van der Waals surface area contributed by atoms with Gasteiger partial charge >= 0.3 is 0 Å². The van der Waals surface area contributed by atoms with Gasteiger partial charge in [0.1, 0.15) is 0 Å². The van der Waals surface area contributed by atoms with Crippen molar-refractivity contribution in [2.24, 2.45) is 17.3 Å². The maximum atomic E-state index is 5.09. The van der Waals surface area contributed by atoms with E-state index in [1.54, 1.807) is 7.11 Å². The fraction of sp³-hybridized carbons (Fsp3) is 1.00. The summed E-state index contributed by atoms with van der Waals surface area (Å²) in [6, 6.07) is 0. The van der Waals surface area contributed by atoms with E-state index in [9.17, 15) is 0 Å². The fourth-order valence-corrected chi connectivity index (χ4v) is 3.52. The van der Waals surface area contributed by atoms with Crippen molar-refractivity contribution in [3.8, 4) is 0 Å². The van der Waals surface area contributed by atoms with Gasteiger partial charge in [0.2, 0.25) is 0 Å². The van der Waals surface area contributed by atoms with Crippen LogP contribution < -0.4 is 5.32 Å². The van der Waals surface area contributed by atoms with Crippen molar-refractivity contribution < 1.29 is 4.74 Å². The Hall–Kier alpha value is -0.0800. The predicted molar refractivity (Wildman–Crippen MR) is 67.5 cm³/mol. The zero-order valence-electron chi connectivity index (χ0n) is 10.9. The smallest absolute Gasteiger partial charge is 0.0587 e. The van der Waals surface area contributed by atoms with Crippen LogP contribution in [0, 0.1) is 17.3 Å². The lowest BCUT2D eigenvalue weighted by molar-refractivity contribution is 0.181.